The van der Waals surface area contributed by atoms with Gasteiger partial charge in [0.25, 0.3) is 5.91 Å². The predicted octanol–water partition coefficient (Wildman–Crippen LogP) is 6.38. The van der Waals surface area contributed by atoms with Crippen LogP contribution in [0.2, 0.25) is 10.0 Å². The molecule has 4 aromatic carbocycles. The maximum atomic E-state index is 14.4. The highest BCUT2D eigenvalue weighted by atomic mass is 35.5. The smallest absolute Gasteiger partial charge is 0.319 e. The van der Waals surface area contributed by atoms with Gasteiger partial charge in [-0.05, 0) is 92.2 Å². The number of piperazine rings is 1. The van der Waals surface area contributed by atoms with Gasteiger partial charge in [-0.25, -0.2) is 13.2 Å². The van der Waals surface area contributed by atoms with Gasteiger partial charge in [-0.3, -0.25) is 19.7 Å². The molecule has 0 saturated carbocycles. The second-order valence-corrected chi connectivity index (χ2v) is 22.2. The summed E-state index contributed by atoms with van der Waals surface area (Å²) in [5, 5.41) is 20.8. The molecule has 5 aliphatic rings. The number of anilines is 3. The molecule has 5 amide bonds. The first-order chi connectivity index (χ1) is 36.1. The molecular formula is C53H55Cl2N11O8S. The van der Waals surface area contributed by atoms with E-state index in [0.29, 0.717) is 53.6 Å². The fourth-order valence-corrected chi connectivity index (χ4v) is 12.5. The summed E-state index contributed by atoms with van der Waals surface area (Å²) in [7, 11) is -2.17. The first-order valence-electron chi connectivity index (χ1n) is 24.9. The van der Waals surface area contributed by atoms with Gasteiger partial charge in [-0.1, -0.05) is 66.2 Å². The Bertz CT molecular complexity index is 3280. The van der Waals surface area contributed by atoms with Crippen LogP contribution in [0, 0.1) is 11.3 Å². The number of benzene rings is 4. The number of carbonyl (C=O) groups excluding carboxylic acids is 4. The third-order valence-electron chi connectivity index (χ3n) is 14.6. The lowest BCUT2D eigenvalue weighted by atomic mass is 10.0. The average molecular weight is 1080 g/mol. The van der Waals surface area contributed by atoms with Crippen molar-refractivity contribution in [1.82, 2.24) is 34.7 Å². The van der Waals surface area contributed by atoms with Crippen LogP contribution in [0.1, 0.15) is 64.8 Å². The zero-order valence-electron chi connectivity index (χ0n) is 41.2. The molecule has 5 aromatic rings. The van der Waals surface area contributed by atoms with Crippen molar-refractivity contribution < 1.29 is 37.1 Å². The number of fused-ring (bicyclic) bond motifs is 3. The lowest BCUT2D eigenvalue weighted by molar-refractivity contribution is -0.136. The number of piperidine rings is 1. The van der Waals surface area contributed by atoms with Crippen LogP contribution in [0.15, 0.2) is 84.3 Å². The standard InChI is InChI=1S/C53H55Cl2N11O8S/c1-32(30-73-46-15-12-36(54)25-42(46)58-52(70)57-26-33-11-13-39-35(24-33)27-65(51(39)69)45-14-16-47(67)60-50(45)68)75(71,72)66-23-22-64(28-37(66)17-19-56)49-40-18-21-63(44-10-4-7-34-6-3-9-41(55)48(34)44)29-43(40)59-53(61-49)74-31-38-8-5-20-62(38)2/h3-4,6-7,9-13,15,24-25,37-38,45H,1,5,8,14,16-18,20-23,26-31H2,2H3,(H2,57,58,70)(H,60,67,68)/t37?,38-,45?/m0/s1. The van der Waals surface area contributed by atoms with Gasteiger partial charge in [-0.15, -0.1) is 0 Å². The fraction of sp³-hybridized carbons (Fsp3) is 0.377. The Kier molecular flexibility index (Phi) is 14.9. The molecule has 10 rings (SSSR count). The molecule has 0 radical (unpaired) electrons. The summed E-state index contributed by atoms with van der Waals surface area (Å²) < 4.78 is 42.5. The van der Waals surface area contributed by atoms with Crippen LogP contribution in [0.25, 0.3) is 10.8 Å². The molecule has 0 bridgehead atoms. The number of nitrogens with zero attached hydrogens (tertiary/aromatic N) is 8. The number of imide groups is 1. The second-order valence-electron chi connectivity index (χ2n) is 19.4. The lowest BCUT2D eigenvalue weighted by Crippen LogP contribution is -2.56. The highest BCUT2D eigenvalue weighted by molar-refractivity contribution is 7.93. The van der Waals surface area contributed by atoms with Crippen molar-refractivity contribution in [2.24, 2.45) is 0 Å². The third kappa shape index (κ3) is 10.8. The lowest BCUT2D eigenvalue weighted by Gasteiger charge is -2.42. The van der Waals surface area contributed by atoms with E-state index in [0.717, 1.165) is 47.1 Å². The summed E-state index contributed by atoms with van der Waals surface area (Å²) in [6, 6.07) is 22.2. The summed E-state index contributed by atoms with van der Waals surface area (Å²) in [6.45, 7) is 6.69. The van der Waals surface area contributed by atoms with Crippen LogP contribution in [0.3, 0.4) is 0 Å². The molecular weight excluding hydrogens is 1020 g/mol. The van der Waals surface area contributed by atoms with Crippen LogP contribution in [0.4, 0.5) is 22.0 Å². The Morgan fingerprint density at radius 1 is 0.933 bits per heavy atom. The fourth-order valence-electron chi connectivity index (χ4n) is 10.7. The van der Waals surface area contributed by atoms with E-state index in [1.54, 1.807) is 18.2 Å². The minimum Gasteiger partial charge on any atom is -0.486 e. The van der Waals surface area contributed by atoms with E-state index in [1.807, 2.05) is 35.2 Å². The van der Waals surface area contributed by atoms with Crippen molar-refractivity contribution in [1.29, 1.82) is 5.26 Å². The Labute approximate surface area is 444 Å². The number of likely N-dealkylation sites (N-methyl/N-ethyl adjacent to an activating group) is 1. The number of rotatable bonds is 15. The molecule has 3 saturated heterocycles. The summed E-state index contributed by atoms with van der Waals surface area (Å²) in [5.74, 6) is -0.391. The minimum atomic E-state index is -4.25. The van der Waals surface area contributed by atoms with Gasteiger partial charge in [0.1, 0.15) is 30.8 Å². The van der Waals surface area contributed by atoms with Crippen molar-refractivity contribution in [3.05, 3.63) is 122 Å². The van der Waals surface area contributed by atoms with Crippen molar-refractivity contribution in [2.75, 3.05) is 68.1 Å². The number of ether oxygens (including phenoxy) is 2. The molecule has 3 atom stereocenters. The first kappa shape index (κ1) is 51.5. The zero-order valence-corrected chi connectivity index (χ0v) is 43.5. The molecule has 3 fully saturated rings. The molecule has 0 spiro atoms. The summed E-state index contributed by atoms with van der Waals surface area (Å²) >= 11 is 13.1. The van der Waals surface area contributed by atoms with Gasteiger partial charge in [0, 0.05) is 79.0 Å². The maximum Gasteiger partial charge on any atom is 0.319 e. The predicted molar refractivity (Wildman–Crippen MR) is 283 cm³/mol. The largest absolute Gasteiger partial charge is 0.486 e. The van der Waals surface area contributed by atoms with E-state index in [2.05, 4.69) is 51.5 Å². The Morgan fingerprint density at radius 2 is 1.76 bits per heavy atom. The number of aromatic nitrogens is 2. The summed E-state index contributed by atoms with van der Waals surface area (Å²) in [4.78, 5) is 68.4. The van der Waals surface area contributed by atoms with Gasteiger partial charge < -0.3 is 39.7 Å². The third-order valence-corrected chi connectivity index (χ3v) is 17.1. The molecule has 3 N–H and O–H groups in total. The quantitative estimate of drug-likeness (QED) is 0.0969. The Morgan fingerprint density at radius 3 is 2.55 bits per heavy atom. The van der Waals surface area contributed by atoms with Crippen LogP contribution >= 0.6 is 23.2 Å². The van der Waals surface area contributed by atoms with E-state index < -0.39 is 40.7 Å². The second kappa shape index (κ2) is 21.7. The first-order valence-corrected chi connectivity index (χ1v) is 27.0. The van der Waals surface area contributed by atoms with E-state index in [1.165, 1.54) is 27.4 Å². The van der Waals surface area contributed by atoms with Crippen molar-refractivity contribution >= 4 is 84.9 Å². The van der Waals surface area contributed by atoms with Gasteiger partial charge >= 0.3 is 12.0 Å². The number of likely N-dealkylation sites (tertiary alicyclic amines) is 1. The van der Waals surface area contributed by atoms with Gasteiger partial charge in [0.2, 0.25) is 21.8 Å². The van der Waals surface area contributed by atoms with Gasteiger partial charge in [-0.2, -0.15) is 19.5 Å². The number of halogens is 2. The molecule has 6 heterocycles. The molecule has 1 aromatic heterocycles. The minimum absolute atomic E-state index is 0.0305. The number of hydrogen-bond acceptors (Lipinski definition) is 14. The van der Waals surface area contributed by atoms with Crippen LogP contribution in [0.5, 0.6) is 11.8 Å². The van der Waals surface area contributed by atoms with Gasteiger partial charge in [0.05, 0.1) is 46.4 Å². The molecule has 19 nitrogen and oxygen atoms in total. The van der Waals surface area contributed by atoms with E-state index in [4.69, 9.17) is 42.6 Å². The SMILES string of the molecule is C=C(COc1ccc(Cl)cc1NC(=O)NCc1ccc2c(c1)CN(C1CCC(=O)NC1=O)C2=O)S(=O)(=O)N1CCN(c2nc(OC[C@@H]3CCCN3C)nc3c2CCN(c2cccc4cccc(Cl)c24)C3)CC1CC#N. The molecule has 390 valence electrons. The molecule has 22 heteroatoms. The Balaban J connectivity index is 0.799. The monoisotopic (exact) mass is 1080 g/mol. The average Bonchev–Trinajstić information content (AvgIpc) is 3.96. The van der Waals surface area contributed by atoms with E-state index in [-0.39, 0.29) is 97.2 Å². The highest BCUT2D eigenvalue weighted by Crippen LogP contribution is 2.38. The van der Waals surface area contributed by atoms with Crippen molar-refractivity contribution in [3.63, 3.8) is 0 Å². The van der Waals surface area contributed by atoms with Crippen LogP contribution in [-0.2, 0) is 45.7 Å². The Hall–Kier alpha value is -7.02. The number of amides is 5. The number of urea groups is 1. The highest BCUT2D eigenvalue weighted by Gasteiger charge is 2.41. The van der Waals surface area contributed by atoms with Crippen molar-refractivity contribution in [3.8, 4) is 17.8 Å². The number of carbonyl (C=O) groups is 4. The zero-order chi connectivity index (χ0) is 52.5. The molecule has 2 unspecified atom stereocenters. The topological polar surface area (TPSA) is 223 Å². The van der Waals surface area contributed by atoms with Crippen LogP contribution < -0.4 is 35.2 Å². The van der Waals surface area contributed by atoms with E-state index >= 15 is 0 Å². The number of sulfonamides is 1. The van der Waals surface area contributed by atoms with E-state index in [9.17, 15) is 32.9 Å². The van der Waals surface area contributed by atoms with Crippen LogP contribution in [-0.4, -0.2) is 127 Å². The summed E-state index contributed by atoms with van der Waals surface area (Å²) in [5.41, 5.74) is 4.73. The van der Waals surface area contributed by atoms with Crippen molar-refractivity contribution in [2.45, 2.75) is 76.3 Å². The molecule has 75 heavy (non-hydrogen) atoms. The number of hydrogen-bond donors (Lipinski definition) is 3. The number of nitriles is 1. The van der Waals surface area contributed by atoms with Gasteiger partial charge in [0.15, 0.2) is 0 Å². The summed E-state index contributed by atoms with van der Waals surface area (Å²) in [6.07, 6.45) is 2.97. The molecule has 0 aliphatic carbocycles. The molecule has 5 aliphatic heterocycles. The maximum absolute atomic E-state index is 14.4. The normalized spacial score (nSPS) is 20.1. The number of nitrogens with one attached hydrogen (secondary N) is 3.